The number of rotatable bonds is 7. The van der Waals surface area contributed by atoms with Crippen LogP contribution in [0.1, 0.15) is 55.5 Å². The fourth-order valence-corrected chi connectivity index (χ4v) is 4.92. The summed E-state index contributed by atoms with van der Waals surface area (Å²) in [6.07, 6.45) is 2.32. The summed E-state index contributed by atoms with van der Waals surface area (Å²) in [6.45, 7) is 12.3. The average molecular weight is 454 g/mol. The molecule has 1 fully saturated rings. The number of halogens is 1. The fraction of sp³-hybridized carbons (Fsp3) is 0.440. The van der Waals surface area contributed by atoms with Crippen molar-refractivity contribution in [3.05, 3.63) is 53.3 Å². The van der Waals surface area contributed by atoms with Gasteiger partial charge in [-0.15, -0.1) is 0 Å². The third kappa shape index (κ3) is 4.23. The molecule has 1 aromatic heterocycles. The SMILES string of the molecule is CC(C)(C)[Si](C)(C)OCCn1nc(-c2cc(F)ccc2C(N)=O)c2cccc(C3CC3)c21. The summed E-state index contributed by atoms with van der Waals surface area (Å²) in [5.41, 5.74) is 9.19. The zero-order valence-corrected chi connectivity index (χ0v) is 20.5. The number of carbonyl (C=O) groups excluding carboxylic acids is 1. The summed E-state index contributed by atoms with van der Waals surface area (Å²) in [5.74, 6) is -0.499. The van der Waals surface area contributed by atoms with Gasteiger partial charge in [-0.1, -0.05) is 39.0 Å². The summed E-state index contributed by atoms with van der Waals surface area (Å²) in [6, 6.07) is 10.2. The number of amides is 1. The van der Waals surface area contributed by atoms with Crippen molar-refractivity contribution in [3.8, 4) is 11.3 Å². The van der Waals surface area contributed by atoms with Gasteiger partial charge in [-0.3, -0.25) is 9.48 Å². The van der Waals surface area contributed by atoms with E-state index < -0.39 is 20.0 Å². The van der Waals surface area contributed by atoms with Gasteiger partial charge in [0.1, 0.15) is 11.5 Å². The normalized spacial score (nSPS) is 14.8. The first-order chi connectivity index (χ1) is 15.0. The van der Waals surface area contributed by atoms with Gasteiger partial charge in [0.2, 0.25) is 5.91 Å². The van der Waals surface area contributed by atoms with E-state index in [1.165, 1.54) is 23.8 Å². The van der Waals surface area contributed by atoms with Crippen LogP contribution >= 0.6 is 0 Å². The molecule has 4 rings (SSSR count). The molecule has 32 heavy (non-hydrogen) atoms. The van der Waals surface area contributed by atoms with E-state index in [9.17, 15) is 9.18 Å². The second kappa shape index (κ2) is 8.12. The molecule has 1 aliphatic rings. The minimum absolute atomic E-state index is 0.126. The van der Waals surface area contributed by atoms with Gasteiger partial charge in [-0.2, -0.15) is 5.10 Å². The lowest BCUT2D eigenvalue weighted by Crippen LogP contribution is -2.41. The van der Waals surface area contributed by atoms with Gasteiger partial charge in [-0.25, -0.2) is 4.39 Å². The number of para-hydroxylation sites is 1. The zero-order valence-electron chi connectivity index (χ0n) is 19.5. The van der Waals surface area contributed by atoms with Crippen LogP contribution in [0.4, 0.5) is 4.39 Å². The van der Waals surface area contributed by atoms with E-state index in [1.807, 2.05) is 16.8 Å². The first-order valence-corrected chi connectivity index (χ1v) is 14.1. The highest BCUT2D eigenvalue weighted by Gasteiger charge is 2.37. The highest BCUT2D eigenvalue weighted by molar-refractivity contribution is 6.74. The molecular formula is C25H32FN3O2Si. The van der Waals surface area contributed by atoms with Crippen molar-refractivity contribution in [2.24, 2.45) is 5.73 Å². The quantitative estimate of drug-likeness (QED) is 0.457. The number of benzene rings is 2. The number of nitrogens with zero attached hydrogens (tertiary/aromatic N) is 2. The smallest absolute Gasteiger partial charge is 0.249 e. The van der Waals surface area contributed by atoms with Crippen molar-refractivity contribution in [1.29, 1.82) is 0 Å². The molecule has 3 aromatic rings. The molecule has 5 nitrogen and oxygen atoms in total. The molecule has 0 radical (unpaired) electrons. The number of nitrogens with two attached hydrogens (primary N) is 1. The van der Waals surface area contributed by atoms with E-state index >= 15 is 0 Å². The highest BCUT2D eigenvalue weighted by atomic mass is 28.4. The topological polar surface area (TPSA) is 70.1 Å². The van der Waals surface area contributed by atoms with Crippen LogP contribution in [0.5, 0.6) is 0 Å². The molecule has 0 saturated heterocycles. The van der Waals surface area contributed by atoms with Crippen LogP contribution in [-0.2, 0) is 11.0 Å². The molecule has 1 aliphatic carbocycles. The molecule has 2 N–H and O–H groups in total. The first kappa shape index (κ1) is 22.7. The summed E-state index contributed by atoms with van der Waals surface area (Å²) < 4.78 is 22.5. The van der Waals surface area contributed by atoms with Crippen molar-refractivity contribution >= 4 is 25.1 Å². The van der Waals surface area contributed by atoms with Crippen LogP contribution in [0.2, 0.25) is 18.1 Å². The summed E-state index contributed by atoms with van der Waals surface area (Å²) >= 11 is 0. The second-order valence-corrected chi connectivity index (χ2v) is 15.1. The maximum atomic E-state index is 14.2. The van der Waals surface area contributed by atoms with Crippen molar-refractivity contribution in [3.63, 3.8) is 0 Å². The van der Waals surface area contributed by atoms with Gasteiger partial charge >= 0.3 is 0 Å². The maximum absolute atomic E-state index is 14.2. The van der Waals surface area contributed by atoms with E-state index in [4.69, 9.17) is 15.3 Å². The fourth-order valence-electron chi connectivity index (χ4n) is 3.88. The summed E-state index contributed by atoms with van der Waals surface area (Å²) in [4.78, 5) is 12.1. The van der Waals surface area contributed by atoms with Gasteiger partial charge in [0, 0.05) is 16.5 Å². The summed E-state index contributed by atoms with van der Waals surface area (Å²) in [5, 5.41) is 5.91. The predicted octanol–water partition coefficient (Wildman–Crippen LogP) is 5.84. The minimum Gasteiger partial charge on any atom is -0.415 e. The van der Waals surface area contributed by atoms with E-state index in [2.05, 4.69) is 39.9 Å². The number of hydrogen-bond acceptors (Lipinski definition) is 3. The Balaban J connectivity index is 1.79. The van der Waals surface area contributed by atoms with Gasteiger partial charge < -0.3 is 10.2 Å². The largest absolute Gasteiger partial charge is 0.415 e. The Morgan fingerprint density at radius 1 is 1.25 bits per heavy atom. The van der Waals surface area contributed by atoms with Crippen LogP contribution in [-0.4, -0.2) is 30.6 Å². The Bertz CT molecular complexity index is 1180. The number of hydrogen-bond donors (Lipinski definition) is 1. The van der Waals surface area contributed by atoms with Crippen molar-refractivity contribution in [2.75, 3.05) is 6.61 Å². The molecule has 0 aliphatic heterocycles. The Kier molecular flexibility index (Phi) is 5.75. The van der Waals surface area contributed by atoms with Gasteiger partial charge in [0.05, 0.1) is 18.7 Å². The second-order valence-electron chi connectivity index (χ2n) is 10.3. The lowest BCUT2D eigenvalue weighted by atomic mass is 9.99. The van der Waals surface area contributed by atoms with Gasteiger partial charge in [-0.05, 0) is 60.7 Å². The molecule has 1 heterocycles. The molecule has 7 heteroatoms. The first-order valence-electron chi connectivity index (χ1n) is 11.2. The van der Waals surface area contributed by atoms with E-state index in [-0.39, 0.29) is 10.6 Å². The molecular weight excluding hydrogens is 421 g/mol. The number of primary amides is 1. The van der Waals surface area contributed by atoms with Crippen LogP contribution in [0.3, 0.4) is 0 Å². The van der Waals surface area contributed by atoms with E-state index in [0.717, 1.165) is 23.7 Å². The van der Waals surface area contributed by atoms with Crippen molar-refractivity contribution in [1.82, 2.24) is 9.78 Å². The lowest BCUT2D eigenvalue weighted by molar-refractivity contribution is 0.100. The molecule has 1 amide bonds. The van der Waals surface area contributed by atoms with E-state index in [0.29, 0.717) is 30.3 Å². The molecule has 1 saturated carbocycles. The number of carbonyl (C=O) groups is 1. The molecule has 0 bridgehead atoms. The van der Waals surface area contributed by atoms with Crippen LogP contribution in [0.25, 0.3) is 22.2 Å². The van der Waals surface area contributed by atoms with Crippen molar-refractivity contribution in [2.45, 2.75) is 64.2 Å². The summed E-state index contributed by atoms with van der Waals surface area (Å²) in [7, 11) is -1.89. The average Bonchev–Trinajstić information content (AvgIpc) is 3.48. The standard InChI is InChI=1S/C25H32FN3O2Si/c1-25(2,3)32(4,5)31-14-13-29-23-18(16-9-10-16)7-6-8-20(23)22(28-29)21-15-17(26)11-12-19(21)24(27)30/h6-8,11-12,15-16H,9-10,13-14H2,1-5H3,(H2,27,30). The molecule has 0 spiro atoms. The third-order valence-electron chi connectivity index (χ3n) is 6.89. The Hall–Kier alpha value is -2.51. The number of fused-ring (bicyclic) bond motifs is 1. The number of aromatic nitrogens is 2. The van der Waals surface area contributed by atoms with Crippen LogP contribution in [0.15, 0.2) is 36.4 Å². The Labute approximate surface area is 189 Å². The van der Waals surface area contributed by atoms with Gasteiger partial charge in [0.15, 0.2) is 8.32 Å². The Morgan fingerprint density at radius 3 is 2.59 bits per heavy atom. The van der Waals surface area contributed by atoms with Gasteiger partial charge in [0.25, 0.3) is 0 Å². The van der Waals surface area contributed by atoms with E-state index in [1.54, 1.807) is 0 Å². The van der Waals surface area contributed by atoms with Crippen molar-refractivity contribution < 1.29 is 13.6 Å². The third-order valence-corrected chi connectivity index (χ3v) is 11.4. The minimum atomic E-state index is -1.89. The molecule has 0 unspecified atom stereocenters. The van der Waals surface area contributed by atoms with Crippen LogP contribution < -0.4 is 5.73 Å². The lowest BCUT2D eigenvalue weighted by Gasteiger charge is -2.36. The Morgan fingerprint density at radius 2 is 1.97 bits per heavy atom. The highest BCUT2D eigenvalue weighted by Crippen LogP contribution is 2.45. The predicted molar refractivity (Wildman–Crippen MR) is 129 cm³/mol. The monoisotopic (exact) mass is 453 g/mol. The molecule has 2 aromatic carbocycles. The zero-order chi connectivity index (χ0) is 23.3. The molecule has 0 atom stereocenters. The molecule has 170 valence electrons. The van der Waals surface area contributed by atoms with Crippen LogP contribution in [0, 0.1) is 5.82 Å². The maximum Gasteiger partial charge on any atom is 0.249 e.